The predicted molar refractivity (Wildman–Crippen MR) is 124 cm³/mol. The molecule has 0 aliphatic carbocycles. The predicted octanol–water partition coefficient (Wildman–Crippen LogP) is 0.402. The zero-order chi connectivity index (χ0) is 25.5. The van der Waals surface area contributed by atoms with Gasteiger partial charge in [-0.25, -0.2) is 4.39 Å². The molecule has 0 bridgehead atoms. The molecule has 2 heterocycles. The largest absolute Gasteiger partial charge is 0.443 e. The summed E-state index contributed by atoms with van der Waals surface area (Å²) in [6.45, 7) is 3.33. The van der Waals surface area contributed by atoms with Gasteiger partial charge in [0, 0.05) is 30.3 Å². The second kappa shape index (κ2) is 12.2. The number of hydrogen-bond donors (Lipinski definition) is 6. The van der Waals surface area contributed by atoms with Gasteiger partial charge in [-0.15, -0.1) is 5.10 Å². The van der Waals surface area contributed by atoms with Crippen LogP contribution >= 0.6 is 0 Å². The van der Waals surface area contributed by atoms with Gasteiger partial charge in [0.25, 0.3) is 0 Å². The molecule has 35 heavy (non-hydrogen) atoms. The Morgan fingerprint density at radius 2 is 1.97 bits per heavy atom. The van der Waals surface area contributed by atoms with E-state index in [1.165, 1.54) is 6.08 Å². The lowest BCUT2D eigenvalue weighted by Crippen LogP contribution is -2.58. The molecule has 0 spiro atoms. The van der Waals surface area contributed by atoms with Crippen molar-refractivity contribution >= 4 is 12.0 Å². The summed E-state index contributed by atoms with van der Waals surface area (Å²) in [4.78, 5) is 11.6. The molecule has 192 valence electrons. The van der Waals surface area contributed by atoms with Gasteiger partial charge in [-0.2, -0.15) is 0 Å². The van der Waals surface area contributed by atoms with Crippen LogP contribution in [-0.4, -0.2) is 87.1 Å². The molecule has 3 rings (SSSR count). The topological polar surface area (TPSA) is 157 Å². The van der Waals surface area contributed by atoms with Crippen molar-refractivity contribution in [2.75, 3.05) is 19.8 Å². The van der Waals surface area contributed by atoms with E-state index in [1.807, 2.05) is 38.1 Å². The van der Waals surface area contributed by atoms with E-state index >= 15 is 0 Å². The first-order valence-electron chi connectivity index (χ1n) is 11.4. The molecule has 1 aliphatic rings. The number of hydrogen-bond acceptors (Lipinski definition) is 8. The van der Waals surface area contributed by atoms with Crippen molar-refractivity contribution in [1.29, 1.82) is 0 Å². The highest BCUT2D eigenvalue weighted by Crippen LogP contribution is 2.31. The van der Waals surface area contributed by atoms with Crippen molar-refractivity contribution in [1.82, 2.24) is 15.5 Å². The number of benzene rings is 1. The summed E-state index contributed by atoms with van der Waals surface area (Å²) in [6, 6.07) is 7.46. The fourth-order valence-electron chi connectivity index (χ4n) is 3.72. The Bertz CT molecular complexity index is 994. The van der Waals surface area contributed by atoms with E-state index in [4.69, 9.17) is 14.6 Å². The second-order valence-corrected chi connectivity index (χ2v) is 8.61. The number of aromatic amines is 1. The number of carbonyl (C=O) groups excluding carboxylic acids is 1. The summed E-state index contributed by atoms with van der Waals surface area (Å²) in [7, 11) is 0. The molecule has 10 nitrogen and oxygen atoms in total. The first kappa shape index (κ1) is 26.8. The van der Waals surface area contributed by atoms with Gasteiger partial charge in [-0.05, 0) is 23.1 Å². The number of ether oxygens (including phenoxy) is 2. The Kier molecular flexibility index (Phi) is 9.35. The molecule has 0 saturated carbocycles. The van der Waals surface area contributed by atoms with E-state index in [1.54, 1.807) is 6.08 Å². The Hall–Kier alpha value is -2.83. The number of rotatable bonds is 10. The molecule has 5 unspecified atom stereocenters. The molecule has 1 aliphatic heterocycles. The molecule has 1 saturated heterocycles. The molecule has 11 heteroatoms. The maximum absolute atomic E-state index is 14.1. The number of nitrogens with one attached hydrogen (secondary N) is 2. The third kappa shape index (κ3) is 6.65. The monoisotopic (exact) mass is 493 g/mol. The summed E-state index contributed by atoms with van der Waals surface area (Å²) in [5, 5.41) is 48.0. The van der Waals surface area contributed by atoms with Crippen LogP contribution in [0.3, 0.4) is 0 Å². The quantitative estimate of drug-likeness (QED) is 0.260. The van der Waals surface area contributed by atoms with Crippen LogP contribution in [0, 0.1) is 0 Å². The van der Waals surface area contributed by atoms with Crippen LogP contribution in [0.2, 0.25) is 0 Å². The third-order valence-corrected chi connectivity index (χ3v) is 5.66. The van der Waals surface area contributed by atoms with Crippen LogP contribution in [0.25, 0.3) is 6.08 Å². The van der Waals surface area contributed by atoms with Crippen molar-refractivity contribution in [2.24, 2.45) is 0 Å². The van der Waals surface area contributed by atoms with E-state index in [-0.39, 0.29) is 30.9 Å². The summed E-state index contributed by atoms with van der Waals surface area (Å²) in [5.74, 6) is -0.0918. The van der Waals surface area contributed by atoms with Gasteiger partial charge in [-0.3, -0.25) is 9.89 Å². The smallest absolute Gasteiger partial charge is 0.244 e. The zero-order valence-corrected chi connectivity index (χ0v) is 19.6. The average molecular weight is 494 g/mol. The van der Waals surface area contributed by atoms with Gasteiger partial charge in [-0.1, -0.05) is 38.1 Å². The lowest BCUT2D eigenvalue weighted by molar-refractivity contribution is -0.265. The summed E-state index contributed by atoms with van der Waals surface area (Å²) < 4.78 is 25.1. The van der Waals surface area contributed by atoms with Gasteiger partial charge < -0.3 is 35.2 Å². The van der Waals surface area contributed by atoms with Crippen molar-refractivity contribution in [3.8, 4) is 5.88 Å². The maximum atomic E-state index is 14.1. The molecule has 1 amide bonds. The normalized spacial score (nSPS) is 24.7. The zero-order valence-electron chi connectivity index (χ0n) is 19.6. The Balaban J connectivity index is 1.76. The number of nitrogens with zero attached hydrogens (tertiary/aromatic N) is 1. The fraction of sp³-hybridized carbons (Fsp3) is 0.500. The molecule has 0 radical (unpaired) electrons. The SMILES string of the molecule is CC(C)c1[nH]nc(OC2OC(CO)C(F)C(O)C2O)c1Cc1ccc(/C=C/C(=O)NCCO)cc1. The van der Waals surface area contributed by atoms with Crippen LogP contribution in [0.1, 0.15) is 42.1 Å². The summed E-state index contributed by atoms with van der Waals surface area (Å²) >= 11 is 0. The molecular formula is C24H32FN3O7. The number of aromatic nitrogens is 2. The Morgan fingerprint density at radius 1 is 1.26 bits per heavy atom. The van der Waals surface area contributed by atoms with Crippen molar-refractivity contribution in [2.45, 2.75) is 57.0 Å². The maximum Gasteiger partial charge on any atom is 0.244 e. The standard InChI is InChI=1S/C24H32FN3O7/c1-13(2)20-16(11-15-5-3-14(4-6-15)7-8-18(31)26-9-10-29)23(28-27-20)35-24-22(33)21(32)19(25)17(12-30)34-24/h3-8,13,17,19,21-22,24,29-30,32-33H,9-12H2,1-2H3,(H,26,31)(H,27,28)/b8-7+. The Morgan fingerprint density at radius 3 is 2.60 bits per heavy atom. The lowest BCUT2D eigenvalue weighted by atomic mass is 9.98. The minimum Gasteiger partial charge on any atom is -0.443 e. The van der Waals surface area contributed by atoms with Crippen LogP contribution in [0.15, 0.2) is 30.3 Å². The lowest BCUT2D eigenvalue weighted by Gasteiger charge is -2.38. The minimum atomic E-state index is -1.95. The molecule has 1 fully saturated rings. The van der Waals surface area contributed by atoms with Crippen molar-refractivity contribution in [3.63, 3.8) is 0 Å². The van der Waals surface area contributed by atoms with Gasteiger partial charge in [0.15, 0.2) is 6.17 Å². The van der Waals surface area contributed by atoms with Crippen LogP contribution < -0.4 is 10.1 Å². The summed E-state index contributed by atoms with van der Waals surface area (Å²) in [6.07, 6.45) is -4.68. The van der Waals surface area contributed by atoms with E-state index < -0.39 is 37.4 Å². The highest BCUT2D eigenvalue weighted by molar-refractivity contribution is 5.91. The number of alkyl halides is 1. The van der Waals surface area contributed by atoms with Crippen molar-refractivity contribution < 1.29 is 39.1 Å². The van der Waals surface area contributed by atoms with Gasteiger partial charge in [0.1, 0.15) is 18.3 Å². The van der Waals surface area contributed by atoms with E-state index in [0.29, 0.717) is 12.0 Å². The average Bonchev–Trinajstić information content (AvgIpc) is 3.24. The number of aliphatic hydroxyl groups is 4. The van der Waals surface area contributed by atoms with Gasteiger partial charge in [0.2, 0.25) is 18.1 Å². The second-order valence-electron chi connectivity index (χ2n) is 8.61. The van der Waals surface area contributed by atoms with Crippen LogP contribution in [0.4, 0.5) is 4.39 Å². The number of aliphatic hydroxyl groups excluding tert-OH is 4. The van der Waals surface area contributed by atoms with E-state index in [0.717, 1.165) is 16.8 Å². The number of H-pyrrole nitrogens is 1. The molecule has 6 N–H and O–H groups in total. The van der Waals surface area contributed by atoms with E-state index in [9.17, 15) is 24.5 Å². The van der Waals surface area contributed by atoms with Crippen LogP contribution in [0.5, 0.6) is 5.88 Å². The molecule has 1 aromatic carbocycles. The van der Waals surface area contributed by atoms with Gasteiger partial charge >= 0.3 is 0 Å². The fourth-order valence-corrected chi connectivity index (χ4v) is 3.72. The molecule has 1 aromatic heterocycles. The van der Waals surface area contributed by atoms with Gasteiger partial charge in [0.05, 0.1) is 13.2 Å². The highest BCUT2D eigenvalue weighted by Gasteiger charge is 2.46. The van der Waals surface area contributed by atoms with Crippen LogP contribution in [-0.2, 0) is 16.0 Å². The third-order valence-electron chi connectivity index (χ3n) is 5.66. The first-order chi connectivity index (χ1) is 16.7. The number of amides is 1. The van der Waals surface area contributed by atoms with Crippen molar-refractivity contribution in [3.05, 3.63) is 52.7 Å². The molecule has 5 atom stereocenters. The molecular weight excluding hydrogens is 461 g/mol. The first-order valence-corrected chi connectivity index (χ1v) is 11.4. The molecule has 2 aromatic rings. The van der Waals surface area contributed by atoms with E-state index in [2.05, 4.69) is 15.5 Å². The number of carbonyl (C=O) groups is 1. The number of halogens is 1. The minimum absolute atomic E-state index is 0.0673. The summed E-state index contributed by atoms with van der Waals surface area (Å²) in [5.41, 5.74) is 3.24. The highest BCUT2D eigenvalue weighted by atomic mass is 19.1. The Labute approximate surface area is 202 Å².